The van der Waals surface area contributed by atoms with E-state index in [0.717, 1.165) is 22.4 Å². The highest BCUT2D eigenvalue weighted by Crippen LogP contribution is 2.27. The number of sulfonamides is 1. The number of ether oxygens (including phenoxy) is 2. The topological polar surface area (TPSA) is 55.8 Å². The highest BCUT2D eigenvalue weighted by Gasteiger charge is 2.39. The predicted molar refractivity (Wildman–Crippen MR) is 127 cm³/mol. The minimum absolute atomic E-state index is 0.119. The van der Waals surface area contributed by atoms with Gasteiger partial charge in [-0.1, -0.05) is 61.9 Å². The smallest absolute Gasteiger partial charge is 0.220 e. The van der Waals surface area contributed by atoms with Crippen molar-refractivity contribution >= 4 is 10.0 Å². The van der Waals surface area contributed by atoms with Crippen LogP contribution in [0.1, 0.15) is 37.0 Å². The van der Waals surface area contributed by atoms with Crippen LogP contribution >= 0.6 is 0 Å². The zero-order valence-electron chi connectivity index (χ0n) is 19.2. The maximum absolute atomic E-state index is 13.9. The van der Waals surface area contributed by atoms with Crippen LogP contribution in [0, 0.1) is 12.8 Å². The van der Waals surface area contributed by atoms with Gasteiger partial charge in [0.2, 0.25) is 10.0 Å². The molecular weight excluding hydrogens is 410 g/mol. The highest BCUT2D eigenvalue weighted by molar-refractivity contribution is 7.89. The van der Waals surface area contributed by atoms with Gasteiger partial charge in [0.05, 0.1) is 13.2 Å². The number of hydrogen-bond donors (Lipinski definition) is 0. The fourth-order valence-electron chi connectivity index (χ4n) is 3.73. The van der Waals surface area contributed by atoms with Gasteiger partial charge in [-0.3, -0.25) is 0 Å². The van der Waals surface area contributed by atoms with Crippen molar-refractivity contribution in [2.24, 2.45) is 5.92 Å². The summed E-state index contributed by atoms with van der Waals surface area (Å²) in [6.07, 6.45) is 1.73. The molecule has 0 N–H and O–H groups in total. The highest BCUT2D eigenvalue weighted by atomic mass is 32.2. The van der Waals surface area contributed by atoms with Gasteiger partial charge in [-0.25, -0.2) is 8.42 Å². The van der Waals surface area contributed by atoms with Crippen LogP contribution in [0.5, 0.6) is 5.75 Å². The first-order chi connectivity index (χ1) is 14.7. The first kappa shape index (κ1) is 25.1. The molecule has 0 aliphatic rings. The van der Waals surface area contributed by atoms with E-state index in [9.17, 15) is 8.42 Å². The van der Waals surface area contributed by atoms with Crippen LogP contribution in [0.4, 0.5) is 0 Å². The summed E-state index contributed by atoms with van der Waals surface area (Å²) >= 11 is 0. The average Bonchev–Trinajstić information content (AvgIpc) is 2.74. The minimum Gasteiger partial charge on any atom is -0.497 e. The number of hydrogen-bond acceptors (Lipinski definition) is 4. The lowest BCUT2D eigenvalue weighted by Crippen LogP contribution is -2.47. The fourth-order valence-corrected chi connectivity index (χ4v) is 6.03. The molecule has 0 aliphatic carbocycles. The average molecular weight is 446 g/mol. The summed E-state index contributed by atoms with van der Waals surface area (Å²) in [5.41, 5.74) is 2.98. The van der Waals surface area contributed by atoms with Gasteiger partial charge in [-0.15, -0.1) is 6.58 Å². The number of benzene rings is 2. The summed E-state index contributed by atoms with van der Waals surface area (Å²) in [6.45, 7) is 10.2. The molecule has 170 valence electrons. The summed E-state index contributed by atoms with van der Waals surface area (Å²) in [5, 5.41) is -0.681. The van der Waals surface area contributed by atoms with Crippen LogP contribution in [0.25, 0.3) is 0 Å². The Morgan fingerprint density at radius 3 is 1.90 bits per heavy atom. The van der Waals surface area contributed by atoms with Crippen molar-refractivity contribution in [2.75, 3.05) is 14.2 Å². The minimum atomic E-state index is -3.69. The maximum atomic E-state index is 13.9. The van der Waals surface area contributed by atoms with Crippen molar-refractivity contribution in [3.63, 3.8) is 0 Å². The predicted octanol–water partition coefficient (Wildman–Crippen LogP) is 4.95. The van der Waals surface area contributed by atoms with Crippen LogP contribution in [-0.2, 0) is 27.8 Å². The van der Waals surface area contributed by atoms with Gasteiger partial charge >= 0.3 is 0 Å². The maximum Gasteiger partial charge on any atom is 0.220 e. The van der Waals surface area contributed by atoms with Crippen molar-refractivity contribution < 1.29 is 17.9 Å². The zero-order chi connectivity index (χ0) is 23.0. The standard InChI is InChI=1S/C25H35NO4S/c1-7-8-24(30-6)25(19(2)3)31(27,28)26(17-21-11-9-20(4)10-12-21)18-22-13-15-23(29-5)16-14-22/h7,9-16,19,24-25H,1,8,17-18H2,2-6H3/t24-,25-/m1/s1. The lowest BCUT2D eigenvalue weighted by atomic mass is 10.0. The number of rotatable bonds is 12. The molecule has 0 saturated carbocycles. The van der Waals surface area contributed by atoms with Crippen LogP contribution in [0.3, 0.4) is 0 Å². The first-order valence-electron chi connectivity index (χ1n) is 10.5. The molecule has 0 radical (unpaired) electrons. The van der Waals surface area contributed by atoms with Gasteiger partial charge in [-0.2, -0.15) is 4.31 Å². The molecule has 2 aromatic rings. The van der Waals surface area contributed by atoms with E-state index < -0.39 is 21.4 Å². The molecule has 2 aromatic carbocycles. The van der Waals surface area contributed by atoms with E-state index in [-0.39, 0.29) is 12.5 Å². The van der Waals surface area contributed by atoms with Crippen molar-refractivity contribution in [2.45, 2.75) is 51.6 Å². The van der Waals surface area contributed by atoms with E-state index in [1.54, 1.807) is 24.6 Å². The molecule has 0 amide bonds. The summed E-state index contributed by atoms with van der Waals surface area (Å²) in [4.78, 5) is 0. The van der Waals surface area contributed by atoms with Crippen LogP contribution < -0.4 is 4.74 Å². The Labute approximate surface area is 187 Å². The molecule has 0 bridgehead atoms. The van der Waals surface area contributed by atoms with E-state index in [1.165, 1.54) is 0 Å². The van der Waals surface area contributed by atoms with E-state index in [4.69, 9.17) is 9.47 Å². The largest absolute Gasteiger partial charge is 0.497 e. The molecule has 2 atom stereocenters. The van der Waals surface area contributed by atoms with E-state index >= 15 is 0 Å². The third-order valence-electron chi connectivity index (χ3n) is 5.43. The summed E-state index contributed by atoms with van der Waals surface area (Å²) in [6, 6.07) is 15.5. The van der Waals surface area contributed by atoms with Crippen molar-refractivity contribution in [3.8, 4) is 5.75 Å². The fraction of sp³-hybridized carbons (Fsp3) is 0.440. The lowest BCUT2D eigenvalue weighted by molar-refractivity contribution is 0.0877. The summed E-state index contributed by atoms with van der Waals surface area (Å²) in [7, 11) is -0.514. The zero-order valence-corrected chi connectivity index (χ0v) is 20.1. The third-order valence-corrected chi connectivity index (χ3v) is 7.94. The van der Waals surface area contributed by atoms with Gasteiger partial charge in [0.1, 0.15) is 11.0 Å². The Hall–Kier alpha value is -2.15. The monoisotopic (exact) mass is 445 g/mol. The Bertz CT molecular complexity index is 921. The number of nitrogens with zero attached hydrogens (tertiary/aromatic N) is 1. The Morgan fingerprint density at radius 2 is 1.48 bits per heavy atom. The molecule has 0 saturated heterocycles. The molecule has 31 heavy (non-hydrogen) atoms. The molecule has 0 heterocycles. The van der Waals surface area contributed by atoms with Gasteiger partial charge in [-0.05, 0) is 42.5 Å². The van der Waals surface area contributed by atoms with Gasteiger partial charge in [0, 0.05) is 20.2 Å². The van der Waals surface area contributed by atoms with E-state index in [1.807, 2.05) is 69.3 Å². The van der Waals surface area contributed by atoms with E-state index in [0.29, 0.717) is 13.0 Å². The van der Waals surface area contributed by atoms with Gasteiger partial charge in [0.25, 0.3) is 0 Å². The normalized spacial score (nSPS) is 13.9. The van der Waals surface area contributed by atoms with Crippen molar-refractivity contribution in [1.29, 1.82) is 0 Å². The summed E-state index contributed by atoms with van der Waals surface area (Å²) < 4.78 is 40.3. The van der Waals surface area contributed by atoms with Crippen LogP contribution in [0.15, 0.2) is 61.2 Å². The van der Waals surface area contributed by atoms with Crippen LogP contribution in [-0.4, -0.2) is 38.3 Å². The van der Waals surface area contributed by atoms with Gasteiger partial charge < -0.3 is 9.47 Å². The second-order valence-electron chi connectivity index (χ2n) is 8.15. The molecule has 6 heteroatoms. The molecule has 5 nitrogen and oxygen atoms in total. The Morgan fingerprint density at radius 1 is 0.968 bits per heavy atom. The van der Waals surface area contributed by atoms with Crippen LogP contribution in [0.2, 0.25) is 0 Å². The Balaban J connectivity index is 2.45. The quantitative estimate of drug-likeness (QED) is 0.434. The molecule has 0 aromatic heterocycles. The molecule has 2 rings (SSSR count). The molecule has 0 spiro atoms. The van der Waals surface area contributed by atoms with Gasteiger partial charge in [0.15, 0.2) is 0 Å². The van der Waals surface area contributed by atoms with Crippen molar-refractivity contribution in [1.82, 2.24) is 4.31 Å². The molecule has 0 aliphatic heterocycles. The second-order valence-corrected chi connectivity index (χ2v) is 10.2. The number of methoxy groups -OCH3 is 2. The SMILES string of the molecule is C=CC[C@@H](OC)[C@@H](C(C)C)S(=O)(=O)N(Cc1ccc(C)cc1)Cc1ccc(OC)cc1. The summed E-state index contributed by atoms with van der Waals surface area (Å²) in [5.74, 6) is 0.619. The number of aryl methyl sites for hydroxylation is 1. The first-order valence-corrected chi connectivity index (χ1v) is 12.0. The lowest BCUT2D eigenvalue weighted by Gasteiger charge is -2.34. The molecule has 0 fully saturated rings. The Kier molecular flexibility index (Phi) is 9.29. The van der Waals surface area contributed by atoms with E-state index in [2.05, 4.69) is 6.58 Å². The van der Waals surface area contributed by atoms with Crippen molar-refractivity contribution in [3.05, 3.63) is 77.9 Å². The second kappa shape index (κ2) is 11.5. The molecule has 0 unspecified atom stereocenters. The third kappa shape index (κ3) is 6.66. The molecular formula is C25H35NO4S.